The van der Waals surface area contributed by atoms with Gasteiger partial charge in [-0.3, -0.25) is 4.79 Å². The molecule has 100 valence electrons. The van der Waals surface area contributed by atoms with Crippen LogP contribution in [0.1, 0.15) is 59.3 Å². The first-order valence-electron chi connectivity index (χ1n) is 6.68. The second-order valence-electron chi connectivity index (χ2n) is 6.74. The molecule has 0 aromatic heterocycles. The molecule has 1 aliphatic carbocycles. The Morgan fingerprint density at radius 3 is 2.29 bits per heavy atom. The third-order valence-electron chi connectivity index (χ3n) is 3.58. The monoisotopic (exact) mass is 241 g/mol. The van der Waals surface area contributed by atoms with E-state index in [1.54, 1.807) is 11.9 Å². The van der Waals surface area contributed by atoms with Gasteiger partial charge in [-0.15, -0.1) is 0 Å². The molecule has 0 aromatic rings. The highest BCUT2D eigenvalue weighted by molar-refractivity contribution is 5.76. The topological polar surface area (TPSA) is 40.5 Å². The van der Waals surface area contributed by atoms with Gasteiger partial charge in [0.05, 0.1) is 5.60 Å². The molecule has 0 aliphatic heterocycles. The predicted molar refractivity (Wildman–Crippen MR) is 69.7 cm³/mol. The van der Waals surface area contributed by atoms with E-state index in [0.717, 1.165) is 32.1 Å². The van der Waals surface area contributed by atoms with Crippen LogP contribution >= 0.6 is 0 Å². The van der Waals surface area contributed by atoms with E-state index in [2.05, 4.69) is 20.8 Å². The average Bonchev–Trinajstić information content (AvgIpc) is 2.60. The molecule has 0 heterocycles. The molecule has 0 aromatic carbocycles. The van der Waals surface area contributed by atoms with Crippen LogP contribution in [0.3, 0.4) is 0 Å². The fourth-order valence-corrected chi connectivity index (χ4v) is 2.39. The number of nitrogens with zero attached hydrogens (tertiary/aromatic N) is 1. The van der Waals surface area contributed by atoms with Gasteiger partial charge in [-0.1, -0.05) is 33.6 Å². The summed E-state index contributed by atoms with van der Waals surface area (Å²) in [6.07, 6.45) is 5.32. The van der Waals surface area contributed by atoms with Crippen LogP contribution in [0.25, 0.3) is 0 Å². The molecule has 1 rings (SSSR count). The molecule has 1 fully saturated rings. The maximum Gasteiger partial charge on any atom is 0.222 e. The molecule has 0 saturated heterocycles. The molecular weight excluding hydrogens is 214 g/mol. The summed E-state index contributed by atoms with van der Waals surface area (Å²) in [4.78, 5) is 13.6. The zero-order valence-electron chi connectivity index (χ0n) is 11.8. The summed E-state index contributed by atoms with van der Waals surface area (Å²) in [7, 11) is 1.81. The fourth-order valence-electron chi connectivity index (χ4n) is 2.39. The van der Waals surface area contributed by atoms with E-state index in [-0.39, 0.29) is 11.3 Å². The minimum Gasteiger partial charge on any atom is -0.388 e. The second kappa shape index (κ2) is 5.38. The lowest BCUT2D eigenvalue weighted by Crippen LogP contribution is -2.42. The Morgan fingerprint density at radius 2 is 1.82 bits per heavy atom. The first-order valence-corrected chi connectivity index (χ1v) is 6.68. The summed E-state index contributed by atoms with van der Waals surface area (Å²) in [6.45, 7) is 6.93. The zero-order chi connectivity index (χ0) is 13.1. The number of amides is 1. The van der Waals surface area contributed by atoms with Gasteiger partial charge in [0.2, 0.25) is 5.91 Å². The molecular formula is C14H27NO2. The highest BCUT2D eigenvalue weighted by Crippen LogP contribution is 2.30. The van der Waals surface area contributed by atoms with E-state index in [9.17, 15) is 9.90 Å². The highest BCUT2D eigenvalue weighted by Gasteiger charge is 2.33. The van der Waals surface area contributed by atoms with Crippen molar-refractivity contribution in [2.24, 2.45) is 5.41 Å². The van der Waals surface area contributed by atoms with Gasteiger partial charge in [0.15, 0.2) is 0 Å². The first-order chi connectivity index (χ1) is 7.72. The Balaban J connectivity index is 2.36. The third-order valence-corrected chi connectivity index (χ3v) is 3.58. The van der Waals surface area contributed by atoms with Gasteiger partial charge >= 0.3 is 0 Å². The Hall–Kier alpha value is -0.570. The number of aliphatic hydroxyl groups is 1. The quantitative estimate of drug-likeness (QED) is 0.822. The van der Waals surface area contributed by atoms with Crippen LogP contribution in [0.5, 0.6) is 0 Å². The molecule has 17 heavy (non-hydrogen) atoms. The van der Waals surface area contributed by atoms with Gasteiger partial charge in [0.25, 0.3) is 0 Å². The van der Waals surface area contributed by atoms with Crippen LogP contribution in [0.15, 0.2) is 0 Å². The van der Waals surface area contributed by atoms with Gasteiger partial charge < -0.3 is 10.0 Å². The maximum absolute atomic E-state index is 11.9. The maximum atomic E-state index is 11.9. The first kappa shape index (κ1) is 14.5. The Labute approximate surface area is 105 Å². The molecule has 1 saturated carbocycles. The highest BCUT2D eigenvalue weighted by atomic mass is 16.3. The van der Waals surface area contributed by atoms with Crippen molar-refractivity contribution in [2.75, 3.05) is 13.6 Å². The number of carbonyl (C=O) groups is 1. The minimum absolute atomic E-state index is 0.153. The molecule has 1 amide bonds. The van der Waals surface area contributed by atoms with Crippen molar-refractivity contribution >= 4 is 5.91 Å². The largest absolute Gasteiger partial charge is 0.388 e. The van der Waals surface area contributed by atoms with E-state index < -0.39 is 5.60 Å². The Morgan fingerprint density at radius 1 is 1.29 bits per heavy atom. The van der Waals surface area contributed by atoms with Crippen LogP contribution in [0, 0.1) is 5.41 Å². The van der Waals surface area contributed by atoms with Gasteiger partial charge in [-0.2, -0.15) is 0 Å². The summed E-state index contributed by atoms with van der Waals surface area (Å²) in [5.74, 6) is 0.153. The summed E-state index contributed by atoms with van der Waals surface area (Å²) in [5.41, 5.74) is -0.424. The van der Waals surface area contributed by atoms with Gasteiger partial charge in [-0.25, -0.2) is 0 Å². The number of rotatable bonds is 4. The standard InChI is InChI=1S/C14H27NO2/c1-13(2,3)10-7-12(16)15(4)11-14(17)8-5-6-9-14/h17H,5-11H2,1-4H3. The summed E-state index contributed by atoms with van der Waals surface area (Å²) in [5, 5.41) is 10.2. The van der Waals surface area contributed by atoms with E-state index in [1.807, 2.05) is 0 Å². The molecule has 0 atom stereocenters. The van der Waals surface area contributed by atoms with Crippen molar-refractivity contribution in [3.8, 4) is 0 Å². The van der Waals surface area contributed by atoms with Crippen LogP contribution in [-0.2, 0) is 4.79 Å². The summed E-state index contributed by atoms with van der Waals surface area (Å²) >= 11 is 0. The second-order valence-corrected chi connectivity index (χ2v) is 6.74. The lowest BCUT2D eigenvalue weighted by Gasteiger charge is -2.29. The van der Waals surface area contributed by atoms with Crippen LogP contribution in [0.4, 0.5) is 0 Å². The van der Waals surface area contributed by atoms with Gasteiger partial charge in [0, 0.05) is 20.0 Å². The van der Waals surface area contributed by atoms with E-state index in [1.165, 1.54) is 0 Å². The Kier molecular flexibility index (Phi) is 4.59. The molecule has 0 radical (unpaired) electrons. The molecule has 1 N–H and O–H groups in total. The summed E-state index contributed by atoms with van der Waals surface area (Å²) < 4.78 is 0. The molecule has 0 spiro atoms. The van der Waals surface area contributed by atoms with Crippen molar-refractivity contribution < 1.29 is 9.90 Å². The van der Waals surface area contributed by atoms with E-state index >= 15 is 0 Å². The Bertz CT molecular complexity index is 262. The lowest BCUT2D eigenvalue weighted by atomic mass is 9.90. The van der Waals surface area contributed by atoms with Crippen molar-refractivity contribution in [1.82, 2.24) is 4.90 Å². The molecule has 0 bridgehead atoms. The van der Waals surface area contributed by atoms with Crippen LogP contribution < -0.4 is 0 Å². The SMILES string of the molecule is CN(CC1(O)CCCC1)C(=O)CCC(C)(C)C. The van der Waals surface area contributed by atoms with Crippen molar-refractivity contribution in [3.05, 3.63) is 0 Å². The lowest BCUT2D eigenvalue weighted by molar-refractivity contribution is -0.133. The van der Waals surface area contributed by atoms with Crippen LogP contribution in [-0.4, -0.2) is 35.1 Å². The summed E-state index contributed by atoms with van der Waals surface area (Å²) in [6, 6.07) is 0. The molecule has 0 unspecified atom stereocenters. The smallest absolute Gasteiger partial charge is 0.222 e. The normalized spacial score (nSPS) is 19.4. The van der Waals surface area contributed by atoms with E-state index in [0.29, 0.717) is 13.0 Å². The molecule has 1 aliphatic rings. The number of likely N-dealkylation sites (N-methyl/N-ethyl adjacent to an activating group) is 1. The zero-order valence-corrected chi connectivity index (χ0v) is 11.8. The minimum atomic E-state index is -0.619. The number of hydrogen-bond donors (Lipinski definition) is 1. The average molecular weight is 241 g/mol. The van der Waals surface area contributed by atoms with Crippen LogP contribution in [0.2, 0.25) is 0 Å². The van der Waals surface area contributed by atoms with Crippen molar-refractivity contribution in [1.29, 1.82) is 0 Å². The molecule has 3 nitrogen and oxygen atoms in total. The van der Waals surface area contributed by atoms with Crippen molar-refractivity contribution in [2.45, 2.75) is 64.9 Å². The third kappa shape index (κ3) is 5.07. The predicted octanol–water partition coefficient (Wildman–Crippen LogP) is 2.58. The van der Waals surface area contributed by atoms with Gasteiger partial charge in [-0.05, 0) is 24.7 Å². The number of carbonyl (C=O) groups excluding carboxylic acids is 1. The number of hydrogen-bond acceptors (Lipinski definition) is 2. The fraction of sp³-hybridized carbons (Fsp3) is 0.929. The van der Waals surface area contributed by atoms with Gasteiger partial charge in [0.1, 0.15) is 0 Å². The molecule has 3 heteroatoms. The van der Waals surface area contributed by atoms with E-state index in [4.69, 9.17) is 0 Å². The van der Waals surface area contributed by atoms with Crippen molar-refractivity contribution in [3.63, 3.8) is 0 Å².